The van der Waals surface area contributed by atoms with Gasteiger partial charge in [0.05, 0.1) is 12.1 Å². The van der Waals surface area contributed by atoms with Crippen molar-refractivity contribution >= 4 is 17.7 Å². The van der Waals surface area contributed by atoms with E-state index in [0.717, 1.165) is 19.3 Å². The molecule has 0 radical (unpaired) electrons. The Morgan fingerprint density at radius 3 is 2.53 bits per heavy atom. The second-order valence-corrected chi connectivity index (χ2v) is 9.58. The van der Waals surface area contributed by atoms with E-state index in [1.807, 2.05) is 32.9 Å². The number of nitrogens with two attached hydrogens (primary N) is 1. The van der Waals surface area contributed by atoms with Crippen LogP contribution in [0, 0.1) is 5.41 Å². The molecule has 0 spiro atoms. The Balaban J connectivity index is 1.72. The molecule has 0 aromatic heterocycles. The molecular weight excluding hydrogens is 380 g/mol. The van der Waals surface area contributed by atoms with Crippen LogP contribution in [-0.4, -0.2) is 47.3 Å². The minimum Gasteiger partial charge on any atom is -0.347 e. The lowest BCUT2D eigenvalue weighted by Crippen LogP contribution is -2.59. The molecule has 30 heavy (non-hydrogen) atoms. The first kappa shape index (κ1) is 22.3. The summed E-state index contributed by atoms with van der Waals surface area (Å²) in [6.07, 6.45) is 3.22. The van der Waals surface area contributed by atoms with Gasteiger partial charge in [-0.05, 0) is 49.1 Å². The van der Waals surface area contributed by atoms with E-state index in [4.69, 9.17) is 5.73 Å². The zero-order valence-electron chi connectivity index (χ0n) is 18.4. The van der Waals surface area contributed by atoms with Crippen LogP contribution in [0.5, 0.6) is 0 Å². The van der Waals surface area contributed by atoms with Gasteiger partial charge in [0.15, 0.2) is 0 Å². The maximum Gasteiger partial charge on any atom is 0.246 e. The molecular formula is C23H34N4O3. The predicted molar refractivity (Wildman–Crippen MR) is 115 cm³/mol. The van der Waals surface area contributed by atoms with Crippen molar-refractivity contribution in [1.29, 1.82) is 0 Å². The molecule has 1 aliphatic carbocycles. The summed E-state index contributed by atoms with van der Waals surface area (Å²) >= 11 is 0. The largest absolute Gasteiger partial charge is 0.347 e. The fourth-order valence-electron chi connectivity index (χ4n) is 4.37. The van der Waals surface area contributed by atoms with Crippen molar-refractivity contribution < 1.29 is 14.4 Å². The third kappa shape index (κ3) is 4.67. The molecule has 7 nitrogen and oxygen atoms in total. The Kier molecular flexibility index (Phi) is 6.50. The lowest BCUT2D eigenvalue weighted by atomic mass is 9.85. The van der Waals surface area contributed by atoms with E-state index in [1.54, 1.807) is 11.8 Å². The smallest absolute Gasteiger partial charge is 0.246 e. The van der Waals surface area contributed by atoms with Gasteiger partial charge in [-0.2, -0.15) is 0 Å². The standard InChI is InChI=1S/C23H34N4O3/c1-14(24)20(28)26-19(23(2,3)4)22(30)27-13-7-10-18(27)21(29)25-17-12-11-15-8-5-6-9-16(15)17/h5-6,8-9,14,17-19H,7,10-13,24H2,1-4H3,(H,25,29)(H,26,28). The van der Waals surface area contributed by atoms with Crippen LogP contribution in [0.2, 0.25) is 0 Å². The topological polar surface area (TPSA) is 105 Å². The van der Waals surface area contributed by atoms with Gasteiger partial charge in [-0.15, -0.1) is 0 Å². The van der Waals surface area contributed by atoms with Crippen LogP contribution in [-0.2, 0) is 20.8 Å². The van der Waals surface area contributed by atoms with Crippen molar-refractivity contribution in [3.63, 3.8) is 0 Å². The molecule has 1 fully saturated rings. The van der Waals surface area contributed by atoms with Gasteiger partial charge in [-0.25, -0.2) is 0 Å². The maximum atomic E-state index is 13.4. The molecule has 0 saturated carbocycles. The third-order valence-electron chi connectivity index (χ3n) is 6.10. The van der Waals surface area contributed by atoms with Crippen molar-refractivity contribution in [2.45, 2.75) is 77.5 Å². The Morgan fingerprint density at radius 2 is 1.87 bits per heavy atom. The average molecular weight is 415 g/mol. The quantitative estimate of drug-likeness (QED) is 0.681. The molecule has 1 saturated heterocycles. The van der Waals surface area contributed by atoms with Crippen LogP contribution in [0.4, 0.5) is 0 Å². The van der Waals surface area contributed by atoms with Crippen molar-refractivity contribution in [3.8, 4) is 0 Å². The summed E-state index contributed by atoms with van der Waals surface area (Å²) < 4.78 is 0. The summed E-state index contributed by atoms with van der Waals surface area (Å²) in [6.45, 7) is 7.80. The molecule has 2 aliphatic rings. The second-order valence-electron chi connectivity index (χ2n) is 9.58. The van der Waals surface area contributed by atoms with Crippen LogP contribution in [0.25, 0.3) is 0 Å². The SMILES string of the molecule is CC(N)C(=O)NC(C(=O)N1CCCC1C(=O)NC1CCc2ccccc21)C(C)(C)C. The average Bonchev–Trinajstić information content (AvgIpc) is 3.32. The molecule has 3 amide bonds. The van der Waals surface area contributed by atoms with Gasteiger partial charge in [-0.3, -0.25) is 14.4 Å². The highest BCUT2D eigenvalue weighted by Crippen LogP contribution is 2.32. The van der Waals surface area contributed by atoms with E-state index in [0.29, 0.717) is 13.0 Å². The van der Waals surface area contributed by atoms with E-state index >= 15 is 0 Å². The monoisotopic (exact) mass is 414 g/mol. The first-order valence-corrected chi connectivity index (χ1v) is 10.8. The Labute approximate surface area is 178 Å². The van der Waals surface area contributed by atoms with E-state index < -0.39 is 23.5 Å². The lowest BCUT2D eigenvalue weighted by molar-refractivity contribution is -0.144. The summed E-state index contributed by atoms with van der Waals surface area (Å²) in [4.78, 5) is 40.3. The lowest BCUT2D eigenvalue weighted by Gasteiger charge is -2.36. The fourth-order valence-corrected chi connectivity index (χ4v) is 4.37. The van der Waals surface area contributed by atoms with E-state index in [1.165, 1.54) is 11.1 Å². The van der Waals surface area contributed by atoms with Crippen molar-refractivity contribution in [3.05, 3.63) is 35.4 Å². The normalized spacial score (nSPS) is 22.9. The van der Waals surface area contributed by atoms with Gasteiger partial charge in [0.1, 0.15) is 12.1 Å². The summed E-state index contributed by atoms with van der Waals surface area (Å²) in [5.41, 5.74) is 7.62. The Hall–Kier alpha value is -2.41. The highest BCUT2D eigenvalue weighted by atomic mass is 16.2. The molecule has 4 N–H and O–H groups in total. The van der Waals surface area contributed by atoms with Gasteiger partial charge in [0, 0.05) is 6.54 Å². The number of likely N-dealkylation sites (tertiary alicyclic amines) is 1. The first-order valence-electron chi connectivity index (χ1n) is 10.8. The molecule has 1 aromatic carbocycles. The minimum atomic E-state index is -0.739. The van der Waals surface area contributed by atoms with Crippen LogP contribution < -0.4 is 16.4 Å². The molecule has 4 atom stereocenters. The molecule has 7 heteroatoms. The van der Waals surface area contributed by atoms with Crippen molar-refractivity contribution in [2.75, 3.05) is 6.54 Å². The van der Waals surface area contributed by atoms with E-state index in [2.05, 4.69) is 22.8 Å². The predicted octanol–water partition coefficient (Wildman–Crippen LogP) is 1.66. The number of hydrogen-bond acceptors (Lipinski definition) is 4. The van der Waals surface area contributed by atoms with Crippen LogP contribution in [0.1, 0.15) is 64.1 Å². The maximum absolute atomic E-state index is 13.4. The number of benzene rings is 1. The number of carbonyl (C=O) groups is 3. The van der Waals surface area contributed by atoms with Crippen LogP contribution in [0.3, 0.4) is 0 Å². The van der Waals surface area contributed by atoms with E-state index in [9.17, 15) is 14.4 Å². The van der Waals surface area contributed by atoms with Gasteiger partial charge in [-0.1, -0.05) is 45.0 Å². The summed E-state index contributed by atoms with van der Waals surface area (Å²) in [6, 6.07) is 6.20. The molecule has 164 valence electrons. The molecule has 1 aromatic rings. The van der Waals surface area contributed by atoms with Gasteiger partial charge in [0.2, 0.25) is 17.7 Å². The highest BCUT2D eigenvalue weighted by Gasteiger charge is 2.42. The molecule has 4 unspecified atom stereocenters. The fraction of sp³-hybridized carbons (Fsp3) is 0.609. The van der Waals surface area contributed by atoms with E-state index in [-0.39, 0.29) is 23.8 Å². The number of amides is 3. The van der Waals surface area contributed by atoms with Gasteiger partial charge in [0.25, 0.3) is 0 Å². The first-order chi connectivity index (χ1) is 14.1. The third-order valence-corrected chi connectivity index (χ3v) is 6.10. The van der Waals surface area contributed by atoms with Gasteiger partial charge >= 0.3 is 0 Å². The second kappa shape index (κ2) is 8.76. The number of rotatable bonds is 5. The molecule has 1 aliphatic heterocycles. The highest BCUT2D eigenvalue weighted by molar-refractivity contribution is 5.94. The zero-order chi connectivity index (χ0) is 22.1. The number of carbonyl (C=O) groups excluding carboxylic acids is 3. The number of nitrogens with zero attached hydrogens (tertiary/aromatic N) is 1. The zero-order valence-corrected chi connectivity index (χ0v) is 18.4. The molecule has 3 rings (SSSR count). The Bertz CT molecular complexity index is 815. The molecule has 1 heterocycles. The number of aryl methyl sites for hydroxylation is 1. The summed E-state index contributed by atoms with van der Waals surface area (Å²) in [5, 5.41) is 5.95. The summed E-state index contributed by atoms with van der Waals surface area (Å²) in [5.74, 6) is -0.708. The van der Waals surface area contributed by atoms with Crippen LogP contribution in [0.15, 0.2) is 24.3 Å². The minimum absolute atomic E-state index is 0.0116. The van der Waals surface area contributed by atoms with Gasteiger partial charge < -0.3 is 21.3 Å². The van der Waals surface area contributed by atoms with Crippen LogP contribution >= 0.6 is 0 Å². The van der Waals surface area contributed by atoms with Crippen molar-refractivity contribution in [2.24, 2.45) is 11.1 Å². The number of hydrogen-bond donors (Lipinski definition) is 3. The van der Waals surface area contributed by atoms with Crippen molar-refractivity contribution in [1.82, 2.24) is 15.5 Å². The molecule has 0 bridgehead atoms. The number of nitrogens with one attached hydrogen (secondary N) is 2. The Morgan fingerprint density at radius 1 is 1.17 bits per heavy atom. The summed E-state index contributed by atoms with van der Waals surface area (Å²) in [7, 11) is 0. The number of fused-ring (bicyclic) bond motifs is 1.